The van der Waals surface area contributed by atoms with Crippen LogP contribution in [0.15, 0.2) is 12.3 Å². The molecule has 0 aliphatic carbocycles. The lowest BCUT2D eigenvalue weighted by Gasteiger charge is -2.22. The molecule has 0 bridgehead atoms. The second-order valence-electron chi connectivity index (χ2n) is 3.88. The van der Waals surface area contributed by atoms with E-state index in [4.69, 9.17) is 17.3 Å². The van der Waals surface area contributed by atoms with Gasteiger partial charge in [-0.3, -0.25) is 4.79 Å². The van der Waals surface area contributed by atoms with E-state index in [-0.39, 0.29) is 5.91 Å². The molecule has 0 saturated heterocycles. The highest BCUT2D eigenvalue weighted by Crippen LogP contribution is 2.18. The lowest BCUT2D eigenvalue weighted by molar-refractivity contribution is 0.0755. The number of nitrogen functional groups attached to an aromatic ring is 1. The van der Waals surface area contributed by atoms with Crippen molar-refractivity contribution in [3.8, 4) is 0 Å². The first kappa shape index (κ1) is 13.8. The number of rotatable bonds is 5. The number of carbonyl (C=O) groups excluding carboxylic acids is 1. The zero-order valence-corrected chi connectivity index (χ0v) is 11.0. The van der Waals surface area contributed by atoms with Gasteiger partial charge in [0.2, 0.25) is 0 Å². The summed E-state index contributed by atoms with van der Waals surface area (Å²) in [6.07, 6.45) is 3.26. The van der Waals surface area contributed by atoms with E-state index in [1.54, 1.807) is 4.90 Å². The fourth-order valence-electron chi connectivity index (χ4n) is 1.64. The highest BCUT2D eigenvalue weighted by Gasteiger charge is 2.17. The summed E-state index contributed by atoms with van der Waals surface area (Å²) in [5, 5.41) is 0.349. The maximum atomic E-state index is 12.3. The van der Waals surface area contributed by atoms with Crippen LogP contribution in [0.4, 0.5) is 5.82 Å². The molecule has 0 unspecified atom stereocenters. The fourth-order valence-corrected chi connectivity index (χ4v) is 1.83. The van der Waals surface area contributed by atoms with Gasteiger partial charge >= 0.3 is 0 Å². The number of halogens is 1. The molecule has 0 aliphatic rings. The van der Waals surface area contributed by atoms with Gasteiger partial charge in [0.1, 0.15) is 5.82 Å². The van der Waals surface area contributed by atoms with Crippen molar-refractivity contribution in [3.05, 3.63) is 22.8 Å². The largest absolute Gasteiger partial charge is 0.384 e. The van der Waals surface area contributed by atoms with Crippen LogP contribution in [-0.2, 0) is 0 Å². The van der Waals surface area contributed by atoms with Crippen molar-refractivity contribution in [3.63, 3.8) is 0 Å². The Balaban J connectivity index is 2.95. The Labute approximate surface area is 107 Å². The van der Waals surface area contributed by atoms with Gasteiger partial charge in [-0.2, -0.15) is 0 Å². The van der Waals surface area contributed by atoms with E-state index >= 15 is 0 Å². The molecule has 1 heterocycles. The van der Waals surface area contributed by atoms with Gasteiger partial charge in [0.05, 0.1) is 10.6 Å². The van der Waals surface area contributed by atoms with Crippen LogP contribution in [0.1, 0.15) is 37.0 Å². The van der Waals surface area contributed by atoms with Crippen molar-refractivity contribution >= 4 is 23.3 Å². The van der Waals surface area contributed by atoms with E-state index in [2.05, 4.69) is 4.98 Å². The van der Waals surface area contributed by atoms with Gasteiger partial charge in [-0.25, -0.2) is 4.98 Å². The average Bonchev–Trinajstić information content (AvgIpc) is 2.31. The molecule has 1 aromatic rings. The first-order chi connectivity index (χ1) is 8.10. The fraction of sp³-hybridized carbons (Fsp3) is 0.500. The maximum absolute atomic E-state index is 12.3. The number of anilines is 1. The Kier molecular flexibility index (Phi) is 5.22. The summed E-state index contributed by atoms with van der Waals surface area (Å²) in [6, 6.07) is 1.53. The zero-order valence-electron chi connectivity index (χ0n) is 10.2. The molecule has 1 aromatic heterocycles. The van der Waals surface area contributed by atoms with E-state index in [0.717, 1.165) is 25.9 Å². The maximum Gasteiger partial charge on any atom is 0.255 e. The second kappa shape index (κ2) is 6.45. The molecule has 17 heavy (non-hydrogen) atoms. The van der Waals surface area contributed by atoms with Gasteiger partial charge in [0.15, 0.2) is 0 Å². The summed E-state index contributed by atoms with van der Waals surface area (Å²) in [4.78, 5) is 17.9. The van der Waals surface area contributed by atoms with Crippen molar-refractivity contribution in [1.29, 1.82) is 0 Å². The summed E-state index contributed by atoms with van der Waals surface area (Å²) in [5.41, 5.74) is 6.00. The minimum absolute atomic E-state index is 0.0761. The quantitative estimate of drug-likeness (QED) is 0.880. The number of nitrogens with zero attached hydrogens (tertiary/aromatic N) is 2. The van der Waals surface area contributed by atoms with Gasteiger partial charge in [0, 0.05) is 19.3 Å². The Hall–Kier alpha value is -1.29. The summed E-state index contributed by atoms with van der Waals surface area (Å²) in [6.45, 7) is 5.54. The molecule has 0 aromatic carbocycles. The predicted octanol–water partition coefficient (Wildman–Crippen LogP) is 2.58. The predicted molar refractivity (Wildman–Crippen MR) is 70.1 cm³/mol. The van der Waals surface area contributed by atoms with E-state index in [0.29, 0.717) is 16.4 Å². The Morgan fingerprint density at radius 2 is 2.00 bits per heavy atom. The van der Waals surface area contributed by atoms with Crippen molar-refractivity contribution in [2.24, 2.45) is 0 Å². The molecule has 0 radical (unpaired) electrons. The van der Waals surface area contributed by atoms with Gasteiger partial charge in [-0.15, -0.1) is 0 Å². The smallest absolute Gasteiger partial charge is 0.255 e. The first-order valence-electron chi connectivity index (χ1n) is 5.80. The van der Waals surface area contributed by atoms with Crippen LogP contribution in [-0.4, -0.2) is 28.9 Å². The molecule has 0 aliphatic heterocycles. The second-order valence-corrected chi connectivity index (χ2v) is 4.29. The van der Waals surface area contributed by atoms with Crippen molar-refractivity contribution in [1.82, 2.24) is 9.88 Å². The normalized spacial score (nSPS) is 10.3. The molecule has 1 amide bonds. The Morgan fingerprint density at radius 1 is 1.41 bits per heavy atom. The van der Waals surface area contributed by atoms with E-state index in [1.165, 1.54) is 12.3 Å². The Bertz CT molecular complexity index is 389. The lowest BCUT2D eigenvalue weighted by Crippen LogP contribution is -2.32. The van der Waals surface area contributed by atoms with Gasteiger partial charge in [-0.05, 0) is 18.9 Å². The average molecular weight is 256 g/mol. The number of amides is 1. The van der Waals surface area contributed by atoms with Crippen LogP contribution < -0.4 is 5.73 Å². The number of pyridine rings is 1. The topological polar surface area (TPSA) is 59.2 Å². The first-order valence-corrected chi connectivity index (χ1v) is 6.18. The lowest BCUT2D eigenvalue weighted by atomic mass is 10.2. The third-order valence-electron chi connectivity index (χ3n) is 2.38. The molecule has 0 spiro atoms. The van der Waals surface area contributed by atoms with Crippen molar-refractivity contribution in [2.75, 3.05) is 18.8 Å². The molecular formula is C12H18ClN3O. The summed E-state index contributed by atoms with van der Waals surface area (Å²) < 4.78 is 0. The summed E-state index contributed by atoms with van der Waals surface area (Å²) in [7, 11) is 0. The third-order valence-corrected chi connectivity index (χ3v) is 2.68. The van der Waals surface area contributed by atoms with Crippen LogP contribution >= 0.6 is 11.6 Å². The van der Waals surface area contributed by atoms with Gasteiger partial charge in [0.25, 0.3) is 5.91 Å². The van der Waals surface area contributed by atoms with Crippen molar-refractivity contribution in [2.45, 2.75) is 26.7 Å². The molecule has 2 N–H and O–H groups in total. The van der Waals surface area contributed by atoms with E-state index in [1.807, 2.05) is 13.8 Å². The molecular weight excluding hydrogens is 238 g/mol. The van der Waals surface area contributed by atoms with Crippen LogP contribution in [0, 0.1) is 0 Å². The molecule has 94 valence electrons. The summed E-state index contributed by atoms with van der Waals surface area (Å²) >= 11 is 5.97. The van der Waals surface area contributed by atoms with E-state index < -0.39 is 0 Å². The van der Waals surface area contributed by atoms with E-state index in [9.17, 15) is 4.79 Å². The minimum atomic E-state index is -0.0761. The van der Waals surface area contributed by atoms with Crippen LogP contribution in [0.25, 0.3) is 0 Å². The van der Waals surface area contributed by atoms with Crippen LogP contribution in [0.2, 0.25) is 5.02 Å². The standard InChI is InChI=1S/C12H18ClN3O/c1-3-5-16(6-4-2)12(17)9-7-11(14)15-8-10(9)13/h7-8H,3-6H2,1-2H3,(H2,14,15). The highest BCUT2D eigenvalue weighted by molar-refractivity contribution is 6.33. The highest BCUT2D eigenvalue weighted by atomic mass is 35.5. The third kappa shape index (κ3) is 3.60. The molecule has 1 rings (SSSR count). The monoisotopic (exact) mass is 255 g/mol. The molecule has 0 atom stereocenters. The SMILES string of the molecule is CCCN(CCC)C(=O)c1cc(N)ncc1Cl. The molecule has 5 heteroatoms. The van der Waals surface area contributed by atoms with Crippen molar-refractivity contribution < 1.29 is 4.79 Å². The minimum Gasteiger partial charge on any atom is -0.384 e. The number of hydrogen-bond acceptors (Lipinski definition) is 3. The molecule has 0 fully saturated rings. The van der Waals surface area contributed by atoms with Crippen LogP contribution in [0.5, 0.6) is 0 Å². The Morgan fingerprint density at radius 3 is 2.53 bits per heavy atom. The number of nitrogens with two attached hydrogens (primary N) is 1. The van der Waals surface area contributed by atoms with Crippen LogP contribution in [0.3, 0.4) is 0 Å². The molecule has 0 saturated carbocycles. The number of carbonyl (C=O) groups is 1. The van der Waals surface area contributed by atoms with Gasteiger partial charge in [-0.1, -0.05) is 25.4 Å². The van der Waals surface area contributed by atoms with Gasteiger partial charge < -0.3 is 10.6 Å². The zero-order chi connectivity index (χ0) is 12.8. The molecule has 4 nitrogen and oxygen atoms in total. The number of aromatic nitrogens is 1. The summed E-state index contributed by atoms with van der Waals surface area (Å²) in [5.74, 6) is 0.235. The number of hydrogen-bond donors (Lipinski definition) is 1.